The average molecular weight is 948 g/mol. The van der Waals surface area contributed by atoms with Gasteiger partial charge in [-0.3, -0.25) is 9.59 Å². The number of aliphatic hydroxyl groups excluding tert-OH is 5. The third kappa shape index (κ3) is 36.3. The Morgan fingerprint density at radius 2 is 0.970 bits per heavy atom. The predicted molar refractivity (Wildman–Crippen MR) is 274 cm³/mol. The van der Waals surface area contributed by atoms with Gasteiger partial charge < -0.3 is 45.1 Å². The van der Waals surface area contributed by atoms with E-state index in [4.69, 9.17) is 14.2 Å². The van der Waals surface area contributed by atoms with Gasteiger partial charge in [0.05, 0.1) is 32.0 Å². The summed E-state index contributed by atoms with van der Waals surface area (Å²) >= 11 is 0. The second-order valence-electron chi connectivity index (χ2n) is 18.9. The first-order valence-electron chi connectivity index (χ1n) is 27.4. The van der Waals surface area contributed by atoms with E-state index < -0.39 is 49.5 Å². The van der Waals surface area contributed by atoms with Crippen LogP contribution in [0, 0.1) is 0 Å². The average Bonchev–Trinajstić information content (AvgIpc) is 3.32. The van der Waals surface area contributed by atoms with Crippen LogP contribution in [0.5, 0.6) is 0 Å². The third-order valence-electron chi connectivity index (χ3n) is 12.6. The first-order valence-corrected chi connectivity index (χ1v) is 27.4. The Kier molecular flexibility index (Phi) is 43.0. The Bertz CT molecular complexity index is 1250. The van der Waals surface area contributed by atoms with Gasteiger partial charge in [-0.2, -0.15) is 0 Å². The summed E-state index contributed by atoms with van der Waals surface area (Å²) in [6.07, 6.45) is 46.4. The van der Waals surface area contributed by atoms with Crippen LogP contribution >= 0.6 is 0 Å². The summed E-state index contributed by atoms with van der Waals surface area (Å²) in [5, 5.41) is 54.1. The molecule has 1 aliphatic heterocycles. The van der Waals surface area contributed by atoms with Gasteiger partial charge in [0, 0.05) is 12.8 Å². The number of carbonyl (C=O) groups excluding carboxylic acids is 2. The van der Waals surface area contributed by atoms with E-state index in [1.54, 1.807) is 6.08 Å². The number of hydrogen-bond acceptors (Lipinski definition) is 10. The highest BCUT2D eigenvalue weighted by molar-refractivity contribution is 5.76. The molecule has 1 amide bonds. The van der Waals surface area contributed by atoms with Gasteiger partial charge in [-0.25, -0.2) is 0 Å². The van der Waals surface area contributed by atoms with Gasteiger partial charge >= 0.3 is 5.97 Å². The van der Waals surface area contributed by atoms with Crippen molar-refractivity contribution in [1.82, 2.24) is 5.32 Å². The molecule has 1 rings (SSSR count). The zero-order valence-electron chi connectivity index (χ0n) is 42.6. The monoisotopic (exact) mass is 948 g/mol. The number of nitrogens with one attached hydrogen (secondary N) is 1. The van der Waals surface area contributed by atoms with Crippen LogP contribution in [0.15, 0.2) is 48.6 Å². The molecule has 390 valence electrons. The molecule has 0 aliphatic carbocycles. The molecule has 7 unspecified atom stereocenters. The Labute approximate surface area is 408 Å². The number of aliphatic hydroxyl groups is 5. The number of allylic oxidation sites excluding steroid dienone is 7. The fraction of sp³-hybridized carbons (Fsp3) is 0.821. The van der Waals surface area contributed by atoms with Crippen molar-refractivity contribution >= 4 is 11.9 Å². The molecule has 0 spiro atoms. The van der Waals surface area contributed by atoms with Crippen molar-refractivity contribution in [2.24, 2.45) is 0 Å². The van der Waals surface area contributed by atoms with Gasteiger partial charge in [0.1, 0.15) is 24.4 Å². The van der Waals surface area contributed by atoms with Crippen LogP contribution in [0.25, 0.3) is 0 Å². The normalized spacial score (nSPS) is 19.9. The minimum absolute atomic E-state index is 0.0312. The molecular formula is C56H101NO10. The molecule has 0 bridgehead atoms. The lowest BCUT2D eigenvalue weighted by molar-refractivity contribution is -0.302. The number of hydrogen-bond donors (Lipinski definition) is 6. The molecule has 11 heteroatoms. The molecule has 0 aromatic rings. The minimum atomic E-state index is -1.58. The summed E-state index contributed by atoms with van der Waals surface area (Å²) < 4.78 is 16.6. The Morgan fingerprint density at radius 1 is 0.537 bits per heavy atom. The quantitative estimate of drug-likeness (QED) is 0.0196. The van der Waals surface area contributed by atoms with E-state index in [1.165, 1.54) is 116 Å². The molecule has 0 saturated carbocycles. The fourth-order valence-electron chi connectivity index (χ4n) is 8.20. The number of unbranched alkanes of at least 4 members (excludes halogenated alkanes) is 26. The van der Waals surface area contributed by atoms with Crippen LogP contribution in [-0.2, 0) is 23.8 Å². The van der Waals surface area contributed by atoms with Gasteiger partial charge in [0.15, 0.2) is 6.29 Å². The van der Waals surface area contributed by atoms with Gasteiger partial charge in [0.2, 0.25) is 5.91 Å². The molecule has 0 aromatic heterocycles. The molecule has 1 aliphatic rings. The molecule has 7 atom stereocenters. The van der Waals surface area contributed by atoms with Crippen LogP contribution in [-0.4, -0.2) is 100 Å². The second kappa shape index (κ2) is 46.0. The van der Waals surface area contributed by atoms with E-state index >= 15 is 0 Å². The zero-order valence-corrected chi connectivity index (χ0v) is 42.6. The standard InChI is InChI=1S/C56H101NO10/c1-3-5-7-9-11-13-14-15-21-24-28-32-36-40-44-52(61)65-45-41-37-33-29-25-22-19-17-16-18-20-23-27-31-35-39-43-51(60)57-48(49(59)42-38-34-30-26-12-10-8-6-4-2)47-66-56-55(64)54(63)53(62)50(46-58)67-56/h12,14-16,18,26,38,42,48-50,53-56,58-59,62-64H,3-11,13,17,19-25,27-37,39-41,43-47H2,1-2H3,(H,57,60)/b15-14-,18-16-,26-12+,42-38+. The van der Waals surface area contributed by atoms with Gasteiger partial charge in [-0.1, -0.05) is 172 Å². The summed E-state index contributed by atoms with van der Waals surface area (Å²) in [6, 6.07) is -0.839. The Hall–Kier alpha value is -2.38. The summed E-state index contributed by atoms with van der Waals surface area (Å²) in [5.41, 5.74) is 0. The van der Waals surface area contributed by atoms with E-state index in [9.17, 15) is 35.1 Å². The number of rotatable bonds is 46. The lowest BCUT2D eigenvalue weighted by Crippen LogP contribution is -2.60. The first-order chi connectivity index (χ1) is 32.7. The topological polar surface area (TPSA) is 175 Å². The molecular weight excluding hydrogens is 847 g/mol. The lowest BCUT2D eigenvalue weighted by Gasteiger charge is -2.40. The maximum atomic E-state index is 13.0. The van der Waals surface area contributed by atoms with E-state index in [0.29, 0.717) is 19.4 Å². The van der Waals surface area contributed by atoms with Crippen LogP contribution in [0.4, 0.5) is 0 Å². The summed E-state index contributed by atoms with van der Waals surface area (Å²) in [5.74, 6) is -0.244. The van der Waals surface area contributed by atoms with E-state index in [-0.39, 0.29) is 18.5 Å². The van der Waals surface area contributed by atoms with Crippen molar-refractivity contribution in [3.05, 3.63) is 48.6 Å². The molecule has 1 heterocycles. The summed E-state index contributed by atoms with van der Waals surface area (Å²) in [6.45, 7) is 4.21. The summed E-state index contributed by atoms with van der Waals surface area (Å²) in [7, 11) is 0. The van der Waals surface area contributed by atoms with Crippen LogP contribution < -0.4 is 5.32 Å². The maximum absolute atomic E-state index is 13.0. The first kappa shape index (κ1) is 62.6. The number of esters is 1. The predicted octanol–water partition coefficient (Wildman–Crippen LogP) is 11.7. The van der Waals surface area contributed by atoms with Gasteiger partial charge in [-0.05, 0) is 96.3 Å². The van der Waals surface area contributed by atoms with E-state index in [0.717, 1.165) is 89.9 Å². The Morgan fingerprint density at radius 3 is 1.51 bits per heavy atom. The molecule has 6 N–H and O–H groups in total. The van der Waals surface area contributed by atoms with Gasteiger partial charge in [0.25, 0.3) is 0 Å². The highest BCUT2D eigenvalue weighted by Crippen LogP contribution is 2.23. The van der Waals surface area contributed by atoms with Crippen molar-refractivity contribution in [2.75, 3.05) is 19.8 Å². The summed E-state index contributed by atoms with van der Waals surface area (Å²) in [4.78, 5) is 25.0. The molecule has 67 heavy (non-hydrogen) atoms. The second-order valence-corrected chi connectivity index (χ2v) is 18.9. The van der Waals surface area contributed by atoms with E-state index in [2.05, 4.69) is 55.6 Å². The smallest absolute Gasteiger partial charge is 0.305 e. The third-order valence-corrected chi connectivity index (χ3v) is 12.6. The highest BCUT2D eigenvalue weighted by atomic mass is 16.7. The molecule has 1 saturated heterocycles. The molecule has 11 nitrogen and oxygen atoms in total. The van der Waals surface area contributed by atoms with Crippen molar-refractivity contribution < 1.29 is 49.3 Å². The van der Waals surface area contributed by atoms with Crippen LogP contribution in [0.1, 0.15) is 232 Å². The Balaban J connectivity index is 2.10. The molecule has 1 fully saturated rings. The molecule has 0 radical (unpaired) electrons. The minimum Gasteiger partial charge on any atom is -0.466 e. The van der Waals surface area contributed by atoms with Crippen molar-refractivity contribution in [2.45, 2.75) is 275 Å². The van der Waals surface area contributed by atoms with E-state index in [1.807, 2.05) is 6.08 Å². The number of ether oxygens (including phenoxy) is 3. The van der Waals surface area contributed by atoms with Crippen LogP contribution in [0.2, 0.25) is 0 Å². The van der Waals surface area contributed by atoms with Gasteiger partial charge in [-0.15, -0.1) is 0 Å². The highest BCUT2D eigenvalue weighted by Gasteiger charge is 2.44. The van der Waals surface area contributed by atoms with Crippen LogP contribution in [0.3, 0.4) is 0 Å². The van der Waals surface area contributed by atoms with Crippen molar-refractivity contribution in [3.8, 4) is 0 Å². The van der Waals surface area contributed by atoms with Crippen molar-refractivity contribution in [3.63, 3.8) is 0 Å². The zero-order chi connectivity index (χ0) is 48.8. The largest absolute Gasteiger partial charge is 0.466 e. The maximum Gasteiger partial charge on any atom is 0.305 e. The number of amides is 1. The SMILES string of the molecule is CCCCC/C=C/CC/C=C/C(O)C(COC1OC(CO)C(O)C(O)C1O)NC(=O)CCCCCCC/C=C\CCCCCCCCCOC(=O)CCCCCCC/C=C\CCCCCCC. The van der Waals surface area contributed by atoms with Crippen molar-refractivity contribution in [1.29, 1.82) is 0 Å². The number of carbonyl (C=O) groups is 2. The molecule has 0 aromatic carbocycles. The fourth-order valence-corrected chi connectivity index (χ4v) is 8.20. The lowest BCUT2D eigenvalue weighted by atomic mass is 9.99.